The predicted octanol–water partition coefficient (Wildman–Crippen LogP) is 2.39. The van der Waals surface area contributed by atoms with Crippen molar-refractivity contribution in [1.82, 2.24) is 0 Å². The molecular weight excluding hydrogens is 244 g/mol. The van der Waals surface area contributed by atoms with E-state index in [-0.39, 0.29) is 0 Å². The molecule has 1 aromatic carbocycles. The van der Waals surface area contributed by atoms with Crippen molar-refractivity contribution in [3.8, 4) is 11.5 Å². The number of hydrogen-bond acceptors (Lipinski definition) is 5. The Morgan fingerprint density at radius 3 is 2.38 bits per heavy atom. The molecule has 0 aliphatic heterocycles. The van der Waals surface area contributed by atoms with Crippen molar-refractivity contribution in [2.45, 2.75) is 11.0 Å². The second-order valence-electron chi connectivity index (χ2n) is 3.15. The highest BCUT2D eigenvalue weighted by molar-refractivity contribution is 7.98. The maximum absolute atomic E-state index is 9.81. The summed E-state index contributed by atoms with van der Waals surface area (Å²) in [6.07, 6.45) is 1.31. The van der Waals surface area contributed by atoms with Gasteiger partial charge in [0.25, 0.3) is 0 Å². The number of aliphatic hydroxyl groups excluding tert-OH is 1. The van der Waals surface area contributed by atoms with E-state index in [1.165, 1.54) is 0 Å². The van der Waals surface area contributed by atoms with Crippen LogP contribution >= 0.6 is 24.4 Å². The molecular formula is C11H16O3S2. The molecule has 0 radical (unpaired) electrons. The van der Waals surface area contributed by atoms with Gasteiger partial charge in [0, 0.05) is 11.3 Å². The van der Waals surface area contributed by atoms with Gasteiger partial charge >= 0.3 is 0 Å². The Labute approximate surface area is 106 Å². The maximum Gasteiger partial charge on any atom is 0.133 e. The van der Waals surface area contributed by atoms with E-state index < -0.39 is 6.10 Å². The van der Waals surface area contributed by atoms with Gasteiger partial charge in [-0.3, -0.25) is 0 Å². The van der Waals surface area contributed by atoms with Crippen LogP contribution in [0.4, 0.5) is 0 Å². The number of methoxy groups -OCH3 is 2. The van der Waals surface area contributed by atoms with Crippen molar-refractivity contribution in [3.05, 3.63) is 17.7 Å². The summed E-state index contributed by atoms with van der Waals surface area (Å²) in [6.45, 7) is 0. The summed E-state index contributed by atoms with van der Waals surface area (Å²) in [7, 11) is 3.19. The Bertz CT molecular complexity index is 355. The summed E-state index contributed by atoms with van der Waals surface area (Å²) in [5.74, 6) is 1.74. The number of aliphatic hydroxyl groups is 1. The first-order valence-electron chi connectivity index (χ1n) is 4.76. The van der Waals surface area contributed by atoms with Crippen molar-refractivity contribution in [2.75, 3.05) is 26.2 Å². The molecule has 0 bridgehead atoms. The SMILES string of the molecule is COc1cc(C(O)CS)c(OC)cc1SC. The van der Waals surface area contributed by atoms with Crippen LogP contribution in [0.3, 0.4) is 0 Å². The monoisotopic (exact) mass is 260 g/mol. The fourth-order valence-electron chi connectivity index (χ4n) is 1.41. The summed E-state index contributed by atoms with van der Waals surface area (Å²) in [4.78, 5) is 0.981. The third-order valence-electron chi connectivity index (χ3n) is 2.27. The summed E-state index contributed by atoms with van der Waals surface area (Å²) >= 11 is 5.65. The maximum atomic E-state index is 9.81. The van der Waals surface area contributed by atoms with Gasteiger partial charge in [0.15, 0.2) is 0 Å². The van der Waals surface area contributed by atoms with Gasteiger partial charge in [-0.05, 0) is 18.4 Å². The first kappa shape index (κ1) is 13.5. The molecule has 0 fully saturated rings. The number of benzene rings is 1. The van der Waals surface area contributed by atoms with Crippen LogP contribution in [0, 0.1) is 0 Å². The van der Waals surface area contributed by atoms with Gasteiger partial charge in [-0.25, -0.2) is 0 Å². The molecule has 0 amide bonds. The minimum Gasteiger partial charge on any atom is -0.496 e. The Balaban J connectivity index is 3.25. The second-order valence-corrected chi connectivity index (χ2v) is 4.36. The molecule has 0 aliphatic carbocycles. The zero-order valence-electron chi connectivity index (χ0n) is 9.56. The summed E-state index contributed by atoms with van der Waals surface area (Å²) in [5, 5.41) is 9.81. The van der Waals surface area contributed by atoms with E-state index >= 15 is 0 Å². The zero-order chi connectivity index (χ0) is 12.1. The number of thioether (sulfide) groups is 1. The molecule has 0 aliphatic rings. The van der Waals surface area contributed by atoms with Crippen LogP contribution in [0.15, 0.2) is 17.0 Å². The molecule has 0 heterocycles. The molecule has 1 atom stereocenters. The highest BCUT2D eigenvalue weighted by Crippen LogP contribution is 2.37. The van der Waals surface area contributed by atoms with E-state index in [1.54, 1.807) is 32.0 Å². The normalized spacial score (nSPS) is 12.3. The average molecular weight is 260 g/mol. The lowest BCUT2D eigenvalue weighted by Crippen LogP contribution is -2.03. The van der Waals surface area contributed by atoms with Crippen LogP contribution in [-0.2, 0) is 0 Å². The van der Waals surface area contributed by atoms with Crippen LogP contribution in [0.2, 0.25) is 0 Å². The standard InChI is InChI=1S/C11H16O3S2/c1-13-9-5-11(16-3)10(14-2)4-7(9)8(12)6-15/h4-5,8,12,15H,6H2,1-3H3. The third-order valence-corrected chi connectivity index (χ3v) is 3.37. The molecule has 5 heteroatoms. The Kier molecular flexibility index (Phi) is 5.31. The van der Waals surface area contributed by atoms with Crippen LogP contribution in [-0.4, -0.2) is 31.3 Å². The van der Waals surface area contributed by atoms with Crippen LogP contribution < -0.4 is 9.47 Å². The first-order chi connectivity index (χ1) is 7.67. The molecule has 0 aromatic heterocycles. The fraction of sp³-hybridized carbons (Fsp3) is 0.455. The first-order valence-corrected chi connectivity index (χ1v) is 6.62. The Hall–Kier alpha value is -0.520. The third kappa shape index (κ3) is 2.78. The predicted molar refractivity (Wildman–Crippen MR) is 70.1 cm³/mol. The van der Waals surface area contributed by atoms with Gasteiger partial charge in [0.05, 0.1) is 25.2 Å². The van der Waals surface area contributed by atoms with Crippen LogP contribution in [0.1, 0.15) is 11.7 Å². The van der Waals surface area contributed by atoms with Gasteiger partial charge in [0.1, 0.15) is 11.5 Å². The van der Waals surface area contributed by atoms with Crippen LogP contribution in [0.25, 0.3) is 0 Å². The topological polar surface area (TPSA) is 38.7 Å². The minimum absolute atomic E-state index is 0.345. The molecule has 90 valence electrons. The van der Waals surface area contributed by atoms with Gasteiger partial charge < -0.3 is 14.6 Å². The van der Waals surface area contributed by atoms with Crippen molar-refractivity contribution < 1.29 is 14.6 Å². The number of ether oxygens (including phenoxy) is 2. The summed E-state index contributed by atoms with van der Waals surface area (Å²) in [5.41, 5.74) is 0.701. The van der Waals surface area contributed by atoms with Gasteiger partial charge in [0.2, 0.25) is 0 Å². The molecule has 0 saturated heterocycles. The largest absolute Gasteiger partial charge is 0.496 e. The Morgan fingerprint density at radius 1 is 1.31 bits per heavy atom. The molecule has 0 spiro atoms. The van der Waals surface area contributed by atoms with Crippen molar-refractivity contribution >= 4 is 24.4 Å². The molecule has 16 heavy (non-hydrogen) atoms. The van der Waals surface area contributed by atoms with E-state index in [9.17, 15) is 5.11 Å². The van der Waals surface area contributed by atoms with Crippen LogP contribution in [0.5, 0.6) is 11.5 Å². The van der Waals surface area contributed by atoms with Crippen molar-refractivity contribution in [3.63, 3.8) is 0 Å². The molecule has 1 aromatic rings. The van der Waals surface area contributed by atoms with Crippen molar-refractivity contribution in [1.29, 1.82) is 0 Å². The lowest BCUT2D eigenvalue weighted by atomic mass is 10.1. The summed E-state index contributed by atoms with van der Waals surface area (Å²) in [6, 6.07) is 3.66. The lowest BCUT2D eigenvalue weighted by Gasteiger charge is -2.16. The average Bonchev–Trinajstić information content (AvgIpc) is 2.35. The fourth-order valence-corrected chi connectivity index (χ4v) is 2.18. The number of hydrogen-bond donors (Lipinski definition) is 2. The van der Waals surface area contributed by atoms with E-state index in [1.807, 2.05) is 12.3 Å². The summed E-state index contributed by atoms with van der Waals surface area (Å²) < 4.78 is 10.5. The van der Waals surface area contributed by atoms with Crippen molar-refractivity contribution in [2.24, 2.45) is 0 Å². The quantitative estimate of drug-likeness (QED) is 0.630. The lowest BCUT2D eigenvalue weighted by molar-refractivity contribution is 0.198. The molecule has 1 rings (SSSR count). The second kappa shape index (κ2) is 6.27. The zero-order valence-corrected chi connectivity index (χ0v) is 11.3. The van der Waals surface area contributed by atoms with Gasteiger partial charge in [-0.15, -0.1) is 11.8 Å². The van der Waals surface area contributed by atoms with Gasteiger partial charge in [-0.2, -0.15) is 12.6 Å². The molecule has 3 nitrogen and oxygen atoms in total. The van der Waals surface area contributed by atoms with E-state index in [0.29, 0.717) is 17.1 Å². The molecule has 1 N–H and O–H groups in total. The van der Waals surface area contributed by atoms with E-state index in [0.717, 1.165) is 10.6 Å². The number of thiol groups is 1. The minimum atomic E-state index is -0.650. The molecule has 0 saturated carbocycles. The smallest absolute Gasteiger partial charge is 0.133 e. The Morgan fingerprint density at radius 2 is 1.94 bits per heavy atom. The highest BCUT2D eigenvalue weighted by Gasteiger charge is 2.16. The van der Waals surface area contributed by atoms with E-state index in [2.05, 4.69) is 12.6 Å². The number of rotatable bonds is 5. The van der Waals surface area contributed by atoms with E-state index in [4.69, 9.17) is 9.47 Å². The highest BCUT2D eigenvalue weighted by atomic mass is 32.2. The molecule has 1 unspecified atom stereocenters. The van der Waals surface area contributed by atoms with Gasteiger partial charge in [-0.1, -0.05) is 0 Å².